The Balaban J connectivity index is 1.63. The van der Waals surface area contributed by atoms with Crippen LogP contribution >= 0.6 is 0 Å². The van der Waals surface area contributed by atoms with Crippen molar-refractivity contribution in [2.75, 3.05) is 11.9 Å². The standard InChI is InChI=1S/C21H20F3N3O2/c1-14-6-3-4-9-18(14)29-13-20(28)25-19-10-15(2)27(26-19)12-16-7-5-8-17(11-16)21(22,23)24/h3-11H,12-13H2,1-2H3,(H,25,26,28). The van der Waals surface area contributed by atoms with Gasteiger partial charge in [-0.3, -0.25) is 9.48 Å². The second kappa shape index (κ2) is 8.38. The average Bonchev–Trinajstić information content (AvgIpc) is 2.99. The Morgan fingerprint density at radius 3 is 2.59 bits per heavy atom. The van der Waals surface area contributed by atoms with Gasteiger partial charge < -0.3 is 10.1 Å². The van der Waals surface area contributed by atoms with E-state index in [1.54, 1.807) is 25.1 Å². The van der Waals surface area contributed by atoms with E-state index in [0.29, 0.717) is 22.8 Å². The number of aryl methyl sites for hydroxylation is 2. The molecule has 5 nitrogen and oxygen atoms in total. The van der Waals surface area contributed by atoms with Gasteiger partial charge in [0.1, 0.15) is 5.75 Å². The Hall–Kier alpha value is -3.29. The highest BCUT2D eigenvalue weighted by molar-refractivity contribution is 5.91. The Labute approximate surface area is 166 Å². The van der Waals surface area contributed by atoms with Crippen molar-refractivity contribution in [3.8, 4) is 5.75 Å². The van der Waals surface area contributed by atoms with Crippen molar-refractivity contribution in [2.24, 2.45) is 0 Å². The van der Waals surface area contributed by atoms with Gasteiger partial charge in [-0.25, -0.2) is 0 Å². The van der Waals surface area contributed by atoms with Crippen LogP contribution in [-0.2, 0) is 17.5 Å². The maximum atomic E-state index is 12.9. The maximum Gasteiger partial charge on any atom is 0.416 e. The Morgan fingerprint density at radius 1 is 1.10 bits per heavy atom. The first-order chi connectivity index (χ1) is 13.7. The number of para-hydroxylation sites is 1. The minimum absolute atomic E-state index is 0.158. The van der Waals surface area contributed by atoms with Crippen LogP contribution in [0.4, 0.5) is 19.0 Å². The molecule has 0 spiro atoms. The van der Waals surface area contributed by atoms with E-state index in [0.717, 1.165) is 17.7 Å². The number of benzene rings is 2. The van der Waals surface area contributed by atoms with Crippen molar-refractivity contribution in [1.82, 2.24) is 9.78 Å². The molecule has 3 rings (SSSR count). The molecule has 0 saturated heterocycles. The maximum absolute atomic E-state index is 12.9. The summed E-state index contributed by atoms with van der Waals surface area (Å²) in [5.41, 5.74) is 1.38. The predicted octanol–water partition coefficient (Wildman–Crippen LogP) is 4.58. The van der Waals surface area contributed by atoms with Crippen LogP contribution in [-0.4, -0.2) is 22.3 Å². The van der Waals surface area contributed by atoms with Crippen LogP contribution in [0.5, 0.6) is 5.75 Å². The minimum atomic E-state index is -4.40. The monoisotopic (exact) mass is 403 g/mol. The van der Waals surface area contributed by atoms with Crippen molar-refractivity contribution in [1.29, 1.82) is 0 Å². The molecule has 1 N–H and O–H groups in total. The summed E-state index contributed by atoms with van der Waals surface area (Å²) < 4.78 is 45.6. The van der Waals surface area contributed by atoms with Gasteiger partial charge in [0.05, 0.1) is 12.1 Å². The number of nitrogens with zero attached hydrogens (tertiary/aromatic N) is 2. The highest BCUT2D eigenvalue weighted by atomic mass is 19.4. The second-order valence-corrected chi connectivity index (χ2v) is 6.63. The number of carbonyl (C=O) groups excluding carboxylic acids is 1. The summed E-state index contributed by atoms with van der Waals surface area (Å²) in [6.45, 7) is 3.63. The zero-order valence-corrected chi connectivity index (χ0v) is 16.0. The molecule has 0 aliphatic rings. The van der Waals surface area contributed by atoms with Gasteiger partial charge in [-0.15, -0.1) is 0 Å². The number of hydrogen-bond acceptors (Lipinski definition) is 3. The molecular weight excluding hydrogens is 383 g/mol. The summed E-state index contributed by atoms with van der Waals surface area (Å²) in [6.07, 6.45) is -4.40. The molecule has 8 heteroatoms. The number of nitrogens with one attached hydrogen (secondary N) is 1. The Morgan fingerprint density at radius 2 is 1.86 bits per heavy atom. The Bertz CT molecular complexity index is 1010. The fourth-order valence-electron chi connectivity index (χ4n) is 2.79. The van der Waals surface area contributed by atoms with E-state index in [1.165, 1.54) is 10.7 Å². The first-order valence-corrected chi connectivity index (χ1v) is 8.91. The lowest BCUT2D eigenvalue weighted by atomic mass is 10.1. The van der Waals surface area contributed by atoms with Gasteiger partial charge in [0.25, 0.3) is 5.91 Å². The number of ether oxygens (including phenoxy) is 1. The third kappa shape index (κ3) is 5.37. The van der Waals surface area contributed by atoms with Crippen molar-refractivity contribution in [3.05, 3.63) is 77.0 Å². The number of carbonyl (C=O) groups is 1. The zero-order valence-electron chi connectivity index (χ0n) is 16.0. The average molecular weight is 403 g/mol. The van der Waals surface area contributed by atoms with E-state index >= 15 is 0 Å². The second-order valence-electron chi connectivity index (χ2n) is 6.63. The zero-order chi connectivity index (χ0) is 21.0. The number of aromatic nitrogens is 2. The van der Waals surface area contributed by atoms with Crippen LogP contribution in [0, 0.1) is 13.8 Å². The van der Waals surface area contributed by atoms with Gasteiger partial charge >= 0.3 is 6.18 Å². The molecule has 0 radical (unpaired) electrons. The van der Waals surface area contributed by atoms with E-state index in [-0.39, 0.29) is 19.1 Å². The first-order valence-electron chi connectivity index (χ1n) is 8.91. The summed E-state index contributed by atoms with van der Waals surface area (Å²) in [6, 6.07) is 14.1. The molecular formula is C21H20F3N3O2. The van der Waals surface area contributed by atoms with Gasteiger partial charge in [0, 0.05) is 11.8 Å². The number of hydrogen-bond donors (Lipinski definition) is 1. The lowest BCUT2D eigenvalue weighted by molar-refractivity contribution is -0.137. The van der Waals surface area contributed by atoms with E-state index < -0.39 is 11.7 Å². The van der Waals surface area contributed by atoms with Crippen LogP contribution < -0.4 is 10.1 Å². The smallest absolute Gasteiger partial charge is 0.416 e. The van der Waals surface area contributed by atoms with E-state index in [4.69, 9.17) is 4.74 Å². The van der Waals surface area contributed by atoms with E-state index in [9.17, 15) is 18.0 Å². The van der Waals surface area contributed by atoms with Gasteiger partial charge in [-0.05, 0) is 43.2 Å². The highest BCUT2D eigenvalue weighted by Crippen LogP contribution is 2.29. The van der Waals surface area contributed by atoms with Crippen molar-refractivity contribution < 1.29 is 22.7 Å². The molecule has 0 aliphatic carbocycles. The molecule has 0 fully saturated rings. The summed E-state index contributed by atoms with van der Waals surface area (Å²) in [5, 5.41) is 6.90. The van der Waals surface area contributed by atoms with E-state index in [2.05, 4.69) is 10.4 Å². The minimum Gasteiger partial charge on any atom is -0.483 e. The molecule has 29 heavy (non-hydrogen) atoms. The molecule has 1 amide bonds. The number of anilines is 1. The van der Waals surface area contributed by atoms with Crippen molar-refractivity contribution in [2.45, 2.75) is 26.6 Å². The quantitative estimate of drug-likeness (QED) is 0.655. The van der Waals surface area contributed by atoms with E-state index in [1.807, 2.05) is 25.1 Å². The largest absolute Gasteiger partial charge is 0.483 e. The van der Waals surface area contributed by atoms with Gasteiger partial charge in [-0.2, -0.15) is 18.3 Å². The van der Waals surface area contributed by atoms with Crippen LogP contribution in [0.3, 0.4) is 0 Å². The third-order valence-corrected chi connectivity index (χ3v) is 4.29. The highest BCUT2D eigenvalue weighted by Gasteiger charge is 2.30. The molecule has 1 aromatic heterocycles. The summed E-state index contributed by atoms with van der Waals surface area (Å²) in [7, 11) is 0. The van der Waals surface area contributed by atoms with Crippen molar-refractivity contribution >= 4 is 11.7 Å². The summed E-state index contributed by atoms with van der Waals surface area (Å²) >= 11 is 0. The molecule has 0 atom stereocenters. The topological polar surface area (TPSA) is 56.1 Å². The molecule has 2 aromatic carbocycles. The van der Waals surface area contributed by atoms with Crippen LogP contribution in [0.15, 0.2) is 54.6 Å². The first kappa shape index (κ1) is 20.4. The normalized spacial score (nSPS) is 11.3. The Kier molecular flexibility index (Phi) is 5.91. The van der Waals surface area contributed by atoms with Crippen LogP contribution in [0.2, 0.25) is 0 Å². The molecule has 3 aromatic rings. The molecule has 152 valence electrons. The van der Waals surface area contributed by atoms with Gasteiger partial charge in [-0.1, -0.05) is 30.3 Å². The molecule has 1 heterocycles. The van der Waals surface area contributed by atoms with Gasteiger partial charge in [0.15, 0.2) is 12.4 Å². The molecule has 0 unspecified atom stereocenters. The molecule has 0 bridgehead atoms. The number of alkyl halides is 3. The lowest BCUT2D eigenvalue weighted by Crippen LogP contribution is -2.20. The SMILES string of the molecule is Cc1ccccc1OCC(=O)Nc1cc(C)n(Cc2cccc(C(F)(F)F)c2)n1. The number of amides is 1. The third-order valence-electron chi connectivity index (χ3n) is 4.29. The summed E-state index contributed by atoms with van der Waals surface area (Å²) in [5.74, 6) is 0.554. The fourth-order valence-corrected chi connectivity index (χ4v) is 2.79. The van der Waals surface area contributed by atoms with Gasteiger partial charge in [0.2, 0.25) is 0 Å². The van der Waals surface area contributed by atoms with Crippen LogP contribution in [0.25, 0.3) is 0 Å². The summed E-state index contributed by atoms with van der Waals surface area (Å²) in [4.78, 5) is 12.1. The van der Waals surface area contributed by atoms with Crippen LogP contribution in [0.1, 0.15) is 22.4 Å². The fraction of sp³-hybridized carbons (Fsp3) is 0.238. The van der Waals surface area contributed by atoms with Crippen molar-refractivity contribution in [3.63, 3.8) is 0 Å². The lowest BCUT2D eigenvalue weighted by Gasteiger charge is -2.10. The number of rotatable bonds is 6. The molecule has 0 aliphatic heterocycles. The predicted molar refractivity (Wildman–Crippen MR) is 103 cm³/mol. The molecule has 0 saturated carbocycles. The number of halogens is 3.